The van der Waals surface area contributed by atoms with Crippen molar-refractivity contribution in [3.8, 4) is 28.3 Å². The van der Waals surface area contributed by atoms with E-state index in [-0.39, 0.29) is 0 Å². The third-order valence-electron chi connectivity index (χ3n) is 5.71. The molecular formula is C28H26N4O2. The number of nitrogens with zero attached hydrogens (tertiary/aromatic N) is 3. The van der Waals surface area contributed by atoms with Crippen molar-refractivity contribution in [3.63, 3.8) is 0 Å². The molecule has 0 radical (unpaired) electrons. The van der Waals surface area contributed by atoms with Crippen LogP contribution in [0.5, 0.6) is 11.5 Å². The summed E-state index contributed by atoms with van der Waals surface area (Å²) in [5.41, 5.74) is 5.17. The minimum Gasteiger partial charge on any atom is -0.497 e. The first kappa shape index (κ1) is 21.5. The van der Waals surface area contributed by atoms with Crippen LogP contribution in [0.4, 0.5) is 5.82 Å². The van der Waals surface area contributed by atoms with Gasteiger partial charge in [0.25, 0.3) is 0 Å². The molecule has 6 nitrogen and oxygen atoms in total. The Morgan fingerprint density at radius 3 is 2.29 bits per heavy atom. The Hall–Kier alpha value is -4.32. The van der Waals surface area contributed by atoms with Gasteiger partial charge in [-0.05, 0) is 54.4 Å². The second kappa shape index (κ2) is 9.67. The highest BCUT2D eigenvalue weighted by Gasteiger charge is 2.17. The van der Waals surface area contributed by atoms with Gasteiger partial charge in [0.1, 0.15) is 23.6 Å². The van der Waals surface area contributed by atoms with Crippen LogP contribution < -0.4 is 14.8 Å². The van der Waals surface area contributed by atoms with Crippen molar-refractivity contribution in [2.75, 3.05) is 19.0 Å². The molecule has 0 spiro atoms. The fraction of sp³-hybridized carbons (Fsp3) is 0.143. The second-order valence-corrected chi connectivity index (χ2v) is 7.83. The topological polar surface area (TPSA) is 61.2 Å². The van der Waals surface area contributed by atoms with Gasteiger partial charge >= 0.3 is 0 Å². The van der Waals surface area contributed by atoms with Gasteiger partial charge in [-0.3, -0.25) is 0 Å². The van der Waals surface area contributed by atoms with Gasteiger partial charge in [-0.15, -0.1) is 0 Å². The second-order valence-electron chi connectivity index (χ2n) is 7.83. The highest BCUT2D eigenvalue weighted by molar-refractivity contribution is 6.02. The summed E-state index contributed by atoms with van der Waals surface area (Å²) in [6.45, 7) is 3.26. The van der Waals surface area contributed by atoms with Crippen LogP contribution in [-0.4, -0.2) is 28.3 Å². The summed E-state index contributed by atoms with van der Waals surface area (Å²) in [6.07, 6.45) is 3.74. The van der Waals surface area contributed by atoms with Crippen molar-refractivity contribution in [2.45, 2.75) is 13.5 Å². The molecule has 170 valence electrons. The number of hydrogen-bond donors (Lipinski definition) is 1. The molecule has 2 aromatic heterocycles. The normalized spacial score (nSPS) is 10.9. The summed E-state index contributed by atoms with van der Waals surface area (Å²) in [5, 5.41) is 4.50. The van der Waals surface area contributed by atoms with E-state index in [1.54, 1.807) is 13.4 Å². The van der Waals surface area contributed by atoms with Crippen molar-refractivity contribution < 1.29 is 9.47 Å². The average Bonchev–Trinajstić information content (AvgIpc) is 3.29. The van der Waals surface area contributed by atoms with Crippen molar-refractivity contribution in [2.24, 2.45) is 0 Å². The van der Waals surface area contributed by atoms with Crippen LogP contribution in [0.15, 0.2) is 91.4 Å². The van der Waals surface area contributed by atoms with Crippen LogP contribution in [0.1, 0.15) is 12.5 Å². The van der Waals surface area contributed by atoms with E-state index in [9.17, 15) is 0 Å². The molecule has 6 heteroatoms. The minimum absolute atomic E-state index is 0.637. The first-order valence-electron chi connectivity index (χ1n) is 11.3. The summed E-state index contributed by atoms with van der Waals surface area (Å²) >= 11 is 0. The maximum Gasteiger partial charge on any atom is 0.150 e. The zero-order valence-electron chi connectivity index (χ0n) is 19.2. The molecule has 0 fully saturated rings. The van der Waals surface area contributed by atoms with Crippen LogP contribution in [0, 0.1) is 0 Å². The van der Waals surface area contributed by atoms with E-state index in [1.165, 1.54) is 0 Å². The molecule has 0 aliphatic carbocycles. The van der Waals surface area contributed by atoms with E-state index < -0.39 is 0 Å². The Morgan fingerprint density at radius 2 is 1.59 bits per heavy atom. The Balaban J connectivity index is 1.58. The first-order chi connectivity index (χ1) is 16.8. The Morgan fingerprint density at radius 1 is 0.853 bits per heavy atom. The van der Waals surface area contributed by atoms with Gasteiger partial charge in [-0.25, -0.2) is 9.97 Å². The van der Waals surface area contributed by atoms with Gasteiger partial charge in [0.15, 0.2) is 5.65 Å². The lowest BCUT2D eigenvalue weighted by atomic mass is 10.1. The summed E-state index contributed by atoms with van der Waals surface area (Å²) in [5.74, 6) is 2.48. The number of nitrogens with one attached hydrogen (secondary N) is 1. The molecule has 0 aliphatic rings. The zero-order chi connectivity index (χ0) is 23.3. The van der Waals surface area contributed by atoms with Crippen LogP contribution in [-0.2, 0) is 6.54 Å². The van der Waals surface area contributed by atoms with Crippen LogP contribution in [0.3, 0.4) is 0 Å². The lowest BCUT2D eigenvalue weighted by Gasteiger charge is -2.10. The third-order valence-corrected chi connectivity index (χ3v) is 5.71. The number of methoxy groups -OCH3 is 1. The Labute approximate surface area is 198 Å². The predicted molar refractivity (Wildman–Crippen MR) is 136 cm³/mol. The molecule has 0 aliphatic heterocycles. The molecule has 5 rings (SSSR count). The average molecular weight is 451 g/mol. The number of hydrogen-bond acceptors (Lipinski definition) is 5. The van der Waals surface area contributed by atoms with Crippen molar-refractivity contribution in [3.05, 3.63) is 97.0 Å². The molecule has 1 N–H and O–H groups in total. The van der Waals surface area contributed by atoms with Crippen LogP contribution in [0.2, 0.25) is 0 Å². The third kappa shape index (κ3) is 4.30. The van der Waals surface area contributed by atoms with Gasteiger partial charge < -0.3 is 19.4 Å². The fourth-order valence-electron chi connectivity index (χ4n) is 4.03. The highest BCUT2D eigenvalue weighted by atomic mass is 16.5. The maximum absolute atomic E-state index is 5.61. The van der Waals surface area contributed by atoms with E-state index in [0.29, 0.717) is 13.2 Å². The van der Waals surface area contributed by atoms with E-state index >= 15 is 0 Å². The van der Waals surface area contributed by atoms with Gasteiger partial charge in [-0.2, -0.15) is 0 Å². The number of aromatic nitrogens is 3. The maximum atomic E-state index is 5.61. The number of fused-ring (bicyclic) bond motifs is 1. The standard InChI is InChI=1S/C28H26N4O2/c1-3-34-24-15-11-22(12-16-24)32-18-25(21-7-5-4-6-8-21)26-27(30-19-31-28(26)32)29-17-20-9-13-23(33-2)14-10-20/h4-16,18-19H,3,17H2,1-2H3,(H,29,30,31). The number of rotatable bonds is 8. The Kier molecular flexibility index (Phi) is 6.12. The first-order valence-corrected chi connectivity index (χ1v) is 11.3. The summed E-state index contributed by atoms with van der Waals surface area (Å²) in [4.78, 5) is 9.27. The Bertz CT molecular complexity index is 1380. The molecule has 34 heavy (non-hydrogen) atoms. The predicted octanol–water partition coefficient (Wildman–Crippen LogP) is 6.11. The molecule has 0 saturated carbocycles. The number of anilines is 1. The molecule has 2 heterocycles. The van der Waals surface area contributed by atoms with Crippen molar-refractivity contribution in [1.82, 2.24) is 14.5 Å². The molecular weight excluding hydrogens is 424 g/mol. The van der Waals surface area contributed by atoms with Crippen molar-refractivity contribution >= 4 is 16.9 Å². The molecule has 0 amide bonds. The van der Waals surface area contributed by atoms with E-state index in [0.717, 1.165) is 50.7 Å². The zero-order valence-corrected chi connectivity index (χ0v) is 19.2. The molecule has 0 saturated heterocycles. The SMILES string of the molecule is CCOc1ccc(-n2cc(-c3ccccc3)c3c(NCc4ccc(OC)cc4)ncnc32)cc1. The van der Waals surface area contributed by atoms with Crippen LogP contribution in [0.25, 0.3) is 27.8 Å². The van der Waals surface area contributed by atoms with Crippen molar-refractivity contribution in [1.29, 1.82) is 0 Å². The van der Waals surface area contributed by atoms with Gasteiger partial charge in [-0.1, -0.05) is 42.5 Å². The molecule has 0 atom stereocenters. The van der Waals surface area contributed by atoms with E-state index in [2.05, 4.69) is 38.2 Å². The largest absolute Gasteiger partial charge is 0.497 e. The minimum atomic E-state index is 0.637. The van der Waals surface area contributed by atoms with Crippen LogP contribution >= 0.6 is 0 Å². The van der Waals surface area contributed by atoms with E-state index in [1.807, 2.05) is 73.7 Å². The fourth-order valence-corrected chi connectivity index (χ4v) is 4.03. The molecule has 0 unspecified atom stereocenters. The van der Waals surface area contributed by atoms with Gasteiger partial charge in [0, 0.05) is 24.0 Å². The van der Waals surface area contributed by atoms with Gasteiger partial charge in [0.2, 0.25) is 0 Å². The highest BCUT2D eigenvalue weighted by Crippen LogP contribution is 2.35. The monoisotopic (exact) mass is 450 g/mol. The molecule has 0 bridgehead atoms. The summed E-state index contributed by atoms with van der Waals surface area (Å²) in [7, 11) is 1.67. The lowest BCUT2D eigenvalue weighted by Crippen LogP contribution is -2.03. The number of benzene rings is 3. The molecule has 5 aromatic rings. The van der Waals surface area contributed by atoms with E-state index in [4.69, 9.17) is 9.47 Å². The summed E-state index contributed by atoms with van der Waals surface area (Å²) < 4.78 is 13.0. The number of ether oxygens (including phenoxy) is 2. The molecule has 3 aromatic carbocycles. The summed E-state index contributed by atoms with van der Waals surface area (Å²) in [6, 6.07) is 26.4. The quantitative estimate of drug-likeness (QED) is 0.309. The smallest absolute Gasteiger partial charge is 0.150 e. The lowest BCUT2D eigenvalue weighted by molar-refractivity contribution is 0.340. The van der Waals surface area contributed by atoms with Gasteiger partial charge in [0.05, 0.1) is 19.1 Å².